The fourth-order valence-electron chi connectivity index (χ4n) is 1.51. The molecule has 1 rings (SSSR count). The van der Waals surface area contributed by atoms with Crippen LogP contribution in [0.25, 0.3) is 0 Å². The molecule has 0 aliphatic heterocycles. The van der Waals surface area contributed by atoms with E-state index in [1.54, 1.807) is 0 Å². The van der Waals surface area contributed by atoms with Crippen molar-refractivity contribution >= 4 is 11.6 Å². The maximum Gasteiger partial charge on any atom is 0.241 e. The zero-order valence-corrected chi connectivity index (χ0v) is 11.2. The summed E-state index contributed by atoms with van der Waals surface area (Å²) in [6, 6.07) is 0.976. The third-order valence-corrected chi connectivity index (χ3v) is 3.06. The number of hydrogen-bond acceptors (Lipinski definition) is 3. The molecule has 0 fully saturated rings. The summed E-state index contributed by atoms with van der Waals surface area (Å²) in [7, 11) is 1.23. The predicted molar refractivity (Wildman–Crippen MR) is 69.0 cm³/mol. The smallest absolute Gasteiger partial charge is 0.241 e. The first-order valence-corrected chi connectivity index (χ1v) is 6.00. The van der Waals surface area contributed by atoms with Crippen LogP contribution in [0.3, 0.4) is 0 Å². The molecule has 0 spiro atoms. The van der Waals surface area contributed by atoms with Gasteiger partial charge >= 0.3 is 0 Å². The Kier molecular flexibility index (Phi) is 5.23. The Morgan fingerprint density at radius 3 is 2.58 bits per heavy atom. The third-order valence-electron chi connectivity index (χ3n) is 3.06. The van der Waals surface area contributed by atoms with Gasteiger partial charge in [0.2, 0.25) is 5.91 Å². The molecule has 0 radical (unpaired) electrons. The Balaban J connectivity index is 2.88. The monoisotopic (exact) mass is 272 g/mol. The van der Waals surface area contributed by atoms with E-state index in [1.165, 1.54) is 7.11 Å². The Labute approximate surface area is 110 Å². The van der Waals surface area contributed by atoms with Gasteiger partial charge in [0.25, 0.3) is 0 Å². The average molecular weight is 272 g/mol. The lowest BCUT2D eigenvalue weighted by Crippen LogP contribution is -2.40. The number of amides is 1. The number of halogens is 2. The summed E-state index contributed by atoms with van der Waals surface area (Å²) in [5, 5.41) is 2.28. The predicted octanol–water partition coefficient (Wildman–Crippen LogP) is 2.29. The second kappa shape index (κ2) is 6.47. The minimum absolute atomic E-state index is 0.0499. The Hall–Kier alpha value is -1.69. The van der Waals surface area contributed by atoms with E-state index >= 15 is 0 Å². The van der Waals surface area contributed by atoms with E-state index in [9.17, 15) is 13.6 Å². The molecule has 0 heterocycles. The number of carbonyl (C=O) groups is 1. The first-order chi connectivity index (χ1) is 8.90. The lowest BCUT2D eigenvalue weighted by molar-refractivity contribution is -0.118. The van der Waals surface area contributed by atoms with Crippen LogP contribution >= 0.6 is 0 Å². The zero-order valence-electron chi connectivity index (χ0n) is 11.2. The van der Waals surface area contributed by atoms with Crippen LogP contribution in [0.1, 0.15) is 20.3 Å². The van der Waals surface area contributed by atoms with Gasteiger partial charge in [-0.3, -0.25) is 4.79 Å². The highest BCUT2D eigenvalue weighted by Crippen LogP contribution is 2.24. The fourth-order valence-corrected chi connectivity index (χ4v) is 1.51. The number of nitrogens with two attached hydrogens (primary N) is 1. The largest absolute Gasteiger partial charge is 0.494 e. The van der Waals surface area contributed by atoms with Gasteiger partial charge in [-0.1, -0.05) is 20.3 Å². The highest BCUT2D eigenvalue weighted by Gasteiger charge is 2.21. The summed E-state index contributed by atoms with van der Waals surface area (Å²) in [4.78, 5) is 11.8. The molecule has 0 aromatic heterocycles. The summed E-state index contributed by atoms with van der Waals surface area (Å²) < 4.78 is 31.7. The van der Waals surface area contributed by atoms with Crippen LogP contribution < -0.4 is 15.8 Å². The average Bonchev–Trinajstić information content (AvgIpc) is 2.40. The Bertz CT molecular complexity index is 466. The second-order valence-corrected chi connectivity index (χ2v) is 4.37. The van der Waals surface area contributed by atoms with E-state index in [2.05, 4.69) is 10.1 Å². The molecular weight excluding hydrogens is 254 g/mol. The highest BCUT2D eigenvalue weighted by atomic mass is 19.1. The molecule has 1 aromatic carbocycles. The van der Waals surface area contributed by atoms with Crippen molar-refractivity contribution in [2.24, 2.45) is 11.7 Å². The van der Waals surface area contributed by atoms with Crippen molar-refractivity contribution in [2.45, 2.75) is 26.3 Å². The molecule has 0 bridgehead atoms. The van der Waals surface area contributed by atoms with Crippen LogP contribution in [0.4, 0.5) is 14.5 Å². The van der Waals surface area contributed by atoms with Crippen LogP contribution in [-0.2, 0) is 4.79 Å². The number of rotatable bonds is 5. The van der Waals surface area contributed by atoms with Crippen LogP contribution in [0, 0.1) is 17.6 Å². The van der Waals surface area contributed by atoms with Crippen LogP contribution in [0.5, 0.6) is 5.75 Å². The van der Waals surface area contributed by atoms with Crippen molar-refractivity contribution in [3.05, 3.63) is 23.8 Å². The minimum Gasteiger partial charge on any atom is -0.494 e. The Morgan fingerprint density at radius 1 is 1.42 bits per heavy atom. The highest BCUT2D eigenvalue weighted by molar-refractivity contribution is 5.95. The maximum absolute atomic E-state index is 13.6. The summed E-state index contributed by atoms with van der Waals surface area (Å²) in [5.74, 6) is -2.34. The van der Waals surface area contributed by atoms with Crippen LogP contribution in [-0.4, -0.2) is 19.1 Å². The maximum atomic E-state index is 13.6. The molecule has 0 aliphatic rings. The molecule has 6 heteroatoms. The molecule has 4 nitrogen and oxygen atoms in total. The number of carbonyl (C=O) groups excluding carboxylic acids is 1. The molecule has 1 aromatic rings. The molecule has 19 heavy (non-hydrogen) atoms. The van der Waals surface area contributed by atoms with E-state index in [0.29, 0.717) is 6.42 Å². The summed E-state index contributed by atoms with van der Waals surface area (Å²) >= 11 is 0. The number of hydrogen-bond donors (Lipinski definition) is 2. The first-order valence-electron chi connectivity index (χ1n) is 6.00. The molecular formula is C13H18F2N2O2. The third kappa shape index (κ3) is 3.64. The molecule has 3 N–H and O–H groups in total. The first kappa shape index (κ1) is 15.4. The minimum atomic E-state index is -0.775. The quantitative estimate of drug-likeness (QED) is 0.864. The number of nitrogens with one attached hydrogen (secondary N) is 1. The van der Waals surface area contributed by atoms with Crippen molar-refractivity contribution in [2.75, 3.05) is 12.4 Å². The Morgan fingerprint density at radius 2 is 2.05 bits per heavy atom. The van der Waals surface area contributed by atoms with Gasteiger partial charge in [-0.25, -0.2) is 8.78 Å². The fraction of sp³-hybridized carbons (Fsp3) is 0.462. The molecule has 2 atom stereocenters. The standard InChI is InChI=1S/C13H18F2N2O2/c1-4-7(2)12(16)13(18)17-10-5-9(15)11(19-3)6-8(10)14/h5-7,12H,4,16H2,1-3H3,(H,17,18). The topological polar surface area (TPSA) is 64.4 Å². The molecule has 1 amide bonds. The molecule has 2 unspecified atom stereocenters. The SMILES string of the molecule is CCC(C)C(N)C(=O)Nc1cc(F)c(OC)cc1F. The zero-order chi connectivity index (χ0) is 14.6. The summed E-state index contributed by atoms with van der Waals surface area (Å²) in [5.41, 5.74) is 5.46. The van der Waals surface area contributed by atoms with Gasteiger partial charge in [0.05, 0.1) is 18.8 Å². The number of anilines is 1. The number of ether oxygens (including phenoxy) is 1. The van der Waals surface area contributed by atoms with Gasteiger partial charge in [-0.15, -0.1) is 0 Å². The van der Waals surface area contributed by atoms with Gasteiger partial charge in [0.1, 0.15) is 0 Å². The van der Waals surface area contributed by atoms with Crippen molar-refractivity contribution in [3.8, 4) is 5.75 Å². The van der Waals surface area contributed by atoms with Crippen molar-refractivity contribution in [3.63, 3.8) is 0 Å². The van der Waals surface area contributed by atoms with E-state index < -0.39 is 23.6 Å². The van der Waals surface area contributed by atoms with Gasteiger partial charge in [0, 0.05) is 12.1 Å². The molecule has 106 valence electrons. The summed E-state index contributed by atoms with van der Waals surface area (Å²) in [6.45, 7) is 3.71. The van der Waals surface area contributed by atoms with Gasteiger partial charge in [-0.2, -0.15) is 0 Å². The lowest BCUT2D eigenvalue weighted by atomic mass is 9.99. The number of methoxy groups -OCH3 is 1. The van der Waals surface area contributed by atoms with E-state index in [4.69, 9.17) is 5.73 Å². The normalized spacial score (nSPS) is 13.8. The van der Waals surface area contributed by atoms with E-state index in [1.807, 2.05) is 13.8 Å². The number of benzene rings is 1. The van der Waals surface area contributed by atoms with Crippen LogP contribution in [0.15, 0.2) is 12.1 Å². The van der Waals surface area contributed by atoms with E-state index in [0.717, 1.165) is 12.1 Å². The van der Waals surface area contributed by atoms with Gasteiger partial charge < -0.3 is 15.8 Å². The van der Waals surface area contributed by atoms with Crippen LogP contribution in [0.2, 0.25) is 0 Å². The van der Waals surface area contributed by atoms with Crippen molar-refractivity contribution in [1.29, 1.82) is 0 Å². The molecule has 0 saturated heterocycles. The van der Waals surface area contributed by atoms with Crippen molar-refractivity contribution < 1.29 is 18.3 Å². The van der Waals surface area contributed by atoms with Gasteiger partial charge in [0.15, 0.2) is 17.4 Å². The van der Waals surface area contributed by atoms with Crippen molar-refractivity contribution in [1.82, 2.24) is 0 Å². The molecule has 0 saturated carbocycles. The second-order valence-electron chi connectivity index (χ2n) is 4.37. The van der Waals surface area contributed by atoms with Gasteiger partial charge in [-0.05, 0) is 5.92 Å². The van der Waals surface area contributed by atoms with E-state index in [-0.39, 0.29) is 17.4 Å². The summed E-state index contributed by atoms with van der Waals surface area (Å²) in [6.07, 6.45) is 0.716. The molecule has 0 aliphatic carbocycles. The lowest BCUT2D eigenvalue weighted by Gasteiger charge is -2.18.